The first kappa shape index (κ1) is 19.2. The summed E-state index contributed by atoms with van der Waals surface area (Å²) in [5, 5.41) is 0. The Bertz CT molecular complexity index is 830. The lowest BCUT2D eigenvalue weighted by Gasteiger charge is -2.26. The molecule has 1 aliphatic rings. The molecule has 0 aromatic heterocycles. The third-order valence-electron chi connectivity index (χ3n) is 5.03. The number of nitrogens with two attached hydrogens (primary N) is 1. The predicted octanol–water partition coefficient (Wildman–Crippen LogP) is 5.39. The quantitative estimate of drug-likeness (QED) is 0.693. The van der Waals surface area contributed by atoms with Gasteiger partial charge < -0.3 is 15.2 Å². The van der Waals surface area contributed by atoms with Crippen molar-refractivity contribution in [3.8, 4) is 16.9 Å². The van der Waals surface area contributed by atoms with E-state index in [0.29, 0.717) is 24.2 Å². The molecule has 5 heteroatoms. The van der Waals surface area contributed by atoms with Gasteiger partial charge >= 0.3 is 6.09 Å². The van der Waals surface area contributed by atoms with Gasteiger partial charge in [-0.1, -0.05) is 39.3 Å². The fraction of sp³-hybridized carbons (Fsp3) is 0.409. The summed E-state index contributed by atoms with van der Waals surface area (Å²) in [6, 6.07) is 10.8. The molecular formula is C22H26FNO3. The largest absolute Gasteiger partial charge is 0.494 e. The second-order valence-corrected chi connectivity index (χ2v) is 7.74. The summed E-state index contributed by atoms with van der Waals surface area (Å²) in [6.07, 6.45) is 1.39. The molecule has 1 amide bonds. The van der Waals surface area contributed by atoms with Crippen LogP contribution in [0.1, 0.15) is 50.8 Å². The number of hydrogen-bond acceptors (Lipinski definition) is 3. The lowest BCUT2D eigenvalue weighted by Crippen LogP contribution is -2.25. The smallest absolute Gasteiger partial charge is 0.405 e. The standard InChI is InChI=1S/C22H26FNO3/c1-4-5-10-26-16-8-6-14(7-9-16)17-11-15-13-22(2,3)20(27-21(24)25)18(15)12-19(17)23/h6-9,11-12,20H,4-5,10,13H2,1-3H3,(H2,24,25). The minimum atomic E-state index is -0.843. The van der Waals surface area contributed by atoms with Gasteiger partial charge in [0.1, 0.15) is 17.7 Å². The Labute approximate surface area is 159 Å². The van der Waals surface area contributed by atoms with Crippen molar-refractivity contribution in [1.29, 1.82) is 0 Å². The number of fused-ring (bicyclic) bond motifs is 1. The van der Waals surface area contributed by atoms with Crippen LogP contribution in [0.5, 0.6) is 5.75 Å². The molecule has 3 rings (SSSR count). The lowest BCUT2D eigenvalue weighted by atomic mass is 9.87. The Morgan fingerprint density at radius 1 is 1.26 bits per heavy atom. The zero-order valence-corrected chi connectivity index (χ0v) is 16.0. The third kappa shape index (κ3) is 4.07. The van der Waals surface area contributed by atoms with E-state index >= 15 is 0 Å². The van der Waals surface area contributed by atoms with Crippen molar-refractivity contribution in [3.63, 3.8) is 0 Å². The van der Waals surface area contributed by atoms with Crippen LogP contribution in [0.4, 0.5) is 9.18 Å². The van der Waals surface area contributed by atoms with Crippen molar-refractivity contribution in [3.05, 3.63) is 53.3 Å². The molecular weight excluding hydrogens is 345 g/mol. The van der Waals surface area contributed by atoms with Crippen LogP contribution >= 0.6 is 0 Å². The number of amides is 1. The van der Waals surface area contributed by atoms with Gasteiger partial charge in [0.2, 0.25) is 0 Å². The molecule has 0 saturated carbocycles. The maximum absolute atomic E-state index is 14.8. The van der Waals surface area contributed by atoms with Crippen LogP contribution in [0.25, 0.3) is 11.1 Å². The fourth-order valence-corrected chi connectivity index (χ4v) is 3.66. The maximum atomic E-state index is 14.8. The van der Waals surface area contributed by atoms with Gasteiger partial charge in [-0.25, -0.2) is 9.18 Å². The van der Waals surface area contributed by atoms with E-state index in [-0.39, 0.29) is 11.2 Å². The van der Waals surface area contributed by atoms with E-state index in [1.165, 1.54) is 6.07 Å². The van der Waals surface area contributed by atoms with Crippen LogP contribution in [0.2, 0.25) is 0 Å². The number of unbranched alkanes of at least 4 members (excludes halogenated alkanes) is 1. The normalized spacial score (nSPS) is 17.4. The molecule has 1 atom stereocenters. The Hall–Kier alpha value is -2.56. The minimum absolute atomic E-state index is 0.334. The van der Waals surface area contributed by atoms with Crippen molar-refractivity contribution in [1.82, 2.24) is 0 Å². The zero-order chi connectivity index (χ0) is 19.6. The summed E-state index contributed by atoms with van der Waals surface area (Å²) >= 11 is 0. The Morgan fingerprint density at radius 3 is 2.59 bits per heavy atom. The first-order chi connectivity index (χ1) is 12.8. The first-order valence-electron chi connectivity index (χ1n) is 9.33. The topological polar surface area (TPSA) is 61.6 Å². The van der Waals surface area contributed by atoms with Gasteiger partial charge in [-0.2, -0.15) is 0 Å². The molecule has 144 valence electrons. The summed E-state index contributed by atoms with van der Waals surface area (Å²) in [5.41, 5.74) is 7.86. The highest BCUT2D eigenvalue weighted by atomic mass is 19.1. The summed E-state index contributed by atoms with van der Waals surface area (Å²) in [6.45, 7) is 6.77. The van der Waals surface area contributed by atoms with Crippen LogP contribution in [0.3, 0.4) is 0 Å². The van der Waals surface area contributed by atoms with Crippen LogP contribution in [0, 0.1) is 11.2 Å². The van der Waals surface area contributed by atoms with Gasteiger partial charge in [0.05, 0.1) is 6.61 Å². The van der Waals surface area contributed by atoms with Crippen LogP contribution < -0.4 is 10.5 Å². The first-order valence-corrected chi connectivity index (χ1v) is 9.33. The fourth-order valence-electron chi connectivity index (χ4n) is 3.66. The second kappa shape index (κ2) is 7.59. The van der Waals surface area contributed by atoms with Crippen molar-refractivity contribution >= 4 is 6.09 Å². The predicted molar refractivity (Wildman–Crippen MR) is 103 cm³/mol. The average Bonchev–Trinajstić information content (AvgIpc) is 2.84. The van der Waals surface area contributed by atoms with Crippen molar-refractivity contribution in [2.45, 2.75) is 46.1 Å². The average molecular weight is 371 g/mol. The molecule has 2 aromatic rings. The van der Waals surface area contributed by atoms with Gasteiger partial charge in [-0.15, -0.1) is 0 Å². The number of ether oxygens (including phenoxy) is 2. The van der Waals surface area contributed by atoms with Gasteiger partial charge in [-0.3, -0.25) is 0 Å². The zero-order valence-electron chi connectivity index (χ0n) is 16.0. The van der Waals surface area contributed by atoms with Gasteiger partial charge in [0, 0.05) is 11.0 Å². The summed E-state index contributed by atoms with van der Waals surface area (Å²) < 4.78 is 25.8. The molecule has 0 bridgehead atoms. The van der Waals surface area contributed by atoms with E-state index in [9.17, 15) is 9.18 Å². The molecule has 0 radical (unpaired) electrons. The molecule has 4 nitrogen and oxygen atoms in total. The van der Waals surface area contributed by atoms with Crippen LogP contribution in [-0.2, 0) is 11.2 Å². The Balaban J connectivity index is 1.88. The van der Waals surface area contributed by atoms with E-state index in [2.05, 4.69) is 6.92 Å². The number of hydrogen-bond donors (Lipinski definition) is 1. The number of carbonyl (C=O) groups excluding carboxylic acids is 1. The van der Waals surface area contributed by atoms with Crippen molar-refractivity contribution < 1.29 is 18.7 Å². The molecule has 0 fully saturated rings. The van der Waals surface area contributed by atoms with E-state index in [1.54, 1.807) is 0 Å². The van der Waals surface area contributed by atoms with Crippen LogP contribution in [0.15, 0.2) is 36.4 Å². The minimum Gasteiger partial charge on any atom is -0.494 e. The number of primary amides is 1. The lowest BCUT2D eigenvalue weighted by molar-refractivity contribution is 0.0391. The number of halogens is 1. The number of benzene rings is 2. The molecule has 2 aromatic carbocycles. The van der Waals surface area contributed by atoms with Crippen LogP contribution in [-0.4, -0.2) is 12.7 Å². The molecule has 27 heavy (non-hydrogen) atoms. The van der Waals surface area contributed by atoms with E-state index in [0.717, 1.165) is 29.7 Å². The number of carbonyl (C=O) groups is 1. The van der Waals surface area contributed by atoms with Gasteiger partial charge in [0.15, 0.2) is 0 Å². The van der Waals surface area contributed by atoms with E-state index < -0.39 is 12.2 Å². The maximum Gasteiger partial charge on any atom is 0.405 e. The van der Waals surface area contributed by atoms with Gasteiger partial charge in [0.25, 0.3) is 0 Å². The highest BCUT2D eigenvalue weighted by Crippen LogP contribution is 2.48. The molecule has 0 spiro atoms. The highest BCUT2D eigenvalue weighted by Gasteiger charge is 2.42. The third-order valence-corrected chi connectivity index (χ3v) is 5.03. The van der Waals surface area contributed by atoms with E-state index in [4.69, 9.17) is 15.2 Å². The van der Waals surface area contributed by atoms with Gasteiger partial charge in [-0.05, 0) is 53.8 Å². The van der Waals surface area contributed by atoms with E-state index in [1.807, 2.05) is 44.2 Å². The Morgan fingerprint density at radius 2 is 1.96 bits per heavy atom. The molecule has 0 heterocycles. The molecule has 1 aliphatic carbocycles. The number of rotatable bonds is 6. The molecule has 0 saturated heterocycles. The summed E-state index contributed by atoms with van der Waals surface area (Å²) in [4.78, 5) is 11.2. The molecule has 0 aliphatic heterocycles. The second-order valence-electron chi connectivity index (χ2n) is 7.74. The van der Waals surface area contributed by atoms with Crippen molar-refractivity contribution in [2.75, 3.05) is 6.61 Å². The SMILES string of the molecule is CCCCOc1ccc(-c2cc3c(cc2F)C(OC(N)=O)C(C)(C)C3)cc1. The highest BCUT2D eigenvalue weighted by molar-refractivity contribution is 5.68. The summed E-state index contributed by atoms with van der Waals surface area (Å²) in [5.74, 6) is 0.439. The molecule has 2 N–H and O–H groups in total. The molecule has 1 unspecified atom stereocenters. The summed E-state index contributed by atoms with van der Waals surface area (Å²) in [7, 11) is 0. The Kier molecular flexibility index (Phi) is 5.40. The van der Waals surface area contributed by atoms with Crippen molar-refractivity contribution in [2.24, 2.45) is 11.1 Å². The monoisotopic (exact) mass is 371 g/mol.